The number of likely N-dealkylation sites (tertiary alicyclic amines) is 1. The fraction of sp³-hybridized carbons (Fsp3) is 0.423. The number of amides is 2. The fourth-order valence-corrected chi connectivity index (χ4v) is 3.95. The van der Waals surface area contributed by atoms with Gasteiger partial charge in [0.05, 0.1) is 0 Å². The molecule has 2 aromatic carbocycles. The fourth-order valence-electron chi connectivity index (χ4n) is 3.95. The summed E-state index contributed by atoms with van der Waals surface area (Å²) >= 11 is 0. The lowest BCUT2D eigenvalue weighted by atomic mass is 10.0. The maximum Gasteiger partial charge on any atom is 0.222 e. The summed E-state index contributed by atoms with van der Waals surface area (Å²) in [4.78, 5) is 35.4. The van der Waals surface area contributed by atoms with E-state index in [0.29, 0.717) is 18.9 Å². The van der Waals surface area contributed by atoms with E-state index in [2.05, 4.69) is 58.7 Å². The van der Waals surface area contributed by atoms with E-state index in [9.17, 15) is 9.59 Å². The highest BCUT2D eigenvalue weighted by Crippen LogP contribution is 2.20. The molecule has 0 aromatic heterocycles. The third kappa shape index (κ3) is 8.63. The molecule has 0 atom stereocenters. The van der Waals surface area contributed by atoms with Gasteiger partial charge >= 0.3 is 0 Å². The molecule has 0 unspecified atom stereocenters. The molecule has 1 saturated heterocycles. The van der Waals surface area contributed by atoms with Gasteiger partial charge in [0.15, 0.2) is 0 Å². The second-order valence-corrected chi connectivity index (χ2v) is 8.01. The van der Waals surface area contributed by atoms with Crippen LogP contribution in [0.15, 0.2) is 54.6 Å². The zero-order valence-electron chi connectivity index (χ0n) is 19.1. The lowest BCUT2D eigenvalue weighted by molar-refractivity contribution is -0.127. The highest BCUT2D eigenvalue weighted by atomic mass is 16.2. The summed E-state index contributed by atoms with van der Waals surface area (Å²) in [5.74, 6) is 0.314. The smallest absolute Gasteiger partial charge is 0.222 e. The van der Waals surface area contributed by atoms with Gasteiger partial charge in [-0.25, -0.2) is 0 Å². The molecule has 0 spiro atoms. The Kier molecular flexibility index (Phi) is 11.2. The van der Waals surface area contributed by atoms with E-state index in [1.54, 1.807) is 6.92 Å². The van der Waals surface area contributed by atoms with E-state index >= 15 is 0 Å². The normalized spacial score (nSPS) is 13.1. The van der Waals surface area contributed by atoms with Crippen LogP contribution in [0.1, 0.15) is 39.6 Å². The molecule has 32 heavy (non-hydrogen) atoms. The van der Waals surface area contributed by atoms with Crippen LogP contribution in [0, 0.1) is 0 Å². The Bertz CT molecular complexity index is 830. The third-order valence-electron chi connectivity index (χ3n) is 5.57. The second-order valence-electron chi connectivity index (χ2n) is 8.01. The summed E-state index contributed by atoms with van der Waals surface area (Å²) in [7, 11) is 0. The van der Waals surface area contributed by atoms with Gasteiger partial charge in [0, 0.05) is 54.0 Å². The molecule has 1 N–H and O–H groups in total. The van der Waals surface area contributed by atoms with Crippen molar-refractivity contribution in [3.05, 3.63) is 60.2 Å². The predicted molar refractivity (Wildman–Crippen MR) is 130 cm³/mol. The topological polar surface area (TPSA) is 69.7 Å². The Hall–Kier alpha value is -2.99. The maximum absolute atomic E-state index is 11.8. The first kappa shape index (κ1) is 25.3. The summed E-state index contributed by atoms with van der Waals surface area (Å²) in [6.07, 6.45) is 3.60. The van der Waals surface area contributed by atoms with Crippen molar-refractivity contribution < 1.29 is 15.8 Å². The Labute approximate surface area is 193 Å². The highest BCUT2D eigenvalue weighted by Gasteiger charge is 2.19. The lowest BCUT2D eigenvalue weighted by Crippen LogP contribution is -2.32. The average molecular weight is 440 g/mol. The van der Waals surface area contributed by atoms with E-state index in [0.717, 1.165) is 52.0 Å². The standard InChI is InChI=1S/C25H33N3O2.CH2O.H2/c1-21(29)26-15-6-16-27(17-7-19-28-18-5-10-25(28)30)20-22-11-13-24(14-12-22)23-8-3-2-4-9-23;1-2;/h2-4,8-9,11-14H,5-7,10,15-20H2,1H3,(H,26,29);1H2;1H. The van der Waals surface area contributed by atoms with E-state index < -0.39 is 0 Å². The number of carbonyl (C=O) groups is 3. The maximum atomic E-state index is 11.8. The van der Waals surface area contributed by atoms with Crippen molar-refractivity contribution in [3.63, 3.8) is 0 Å². The minimum Gasteiger partial charge on any atom is -0.356 e. The Morgan fingerprint density at radius 3 is 2.31 bits per heavy atom. The molecule has 1 aliphatic heterocycles. The van der Waals surface area contributed by atoms with Gasteiger partial charge in [0.2, 0.25) is 11.8 Å². The molecule has 2 aromatic rings. The van der Waals surface area contributed by atoms with E-state index in [4.69, 9.17) is 4.79 Å². The van der Waals surface area contributed by atoms with Crippen molar-refractivity contribution in [1.29, 1.82) is 0 Å². The van der Waals surface area contributed by atoms with Crippen LogP contribution < -0.4 is 5.32 Å². The second kappa shape index (κ2) is 14.1. The van der Waals surface area contributed by atoms with Gasteiger partial charge in [-0.1, -0.05) is 54.6 Å². The van der Waals surface area contributed by atoms with Gasteiger partial charge in [-0.15, -0.1) is 0 Å². The van der Waals surface area contributed by atoms with Gasteiger partial charge in [0.1, 0.15) is 6.79 Å². The number of benzene rings is 2. The van der Waals surface area contributed by atoms with Gasteiger partial charge in [-0.05, 0) is 36.0 Å². The van der Waals surface area contributed by atoms with Crippen LogP contribution in [-0.2, 0) is 20.9 Å². The SMILES string of the molecule is C=O.CC(=O)NCCCN(CCCN1CCCC1=O)Cc1ccc(-c2ccccc2)cc1.[HH]. The quantitative estimate of drug-likeness (QED) is 0.542. The van der Waals surface area contributed by atoms with Crippen LogP contribution in [0.5, 0.6) is 0 Å². The molecule has 0 radical (unpaired) electrons. The lowest BCUT2D eigenvalue weighted by Gasteiger charge is -2.24. The molecular weight excluding hydrogens is 402 g/mol. The summed E-state index contributed by atoms with van der Waals surface area (Å²) in [5, 5.41) is 2.88. The summed E-state index contributed by atoms with van der Waals surface area (Å²) in [6.45, 7) is 8.75. The Morgan fingerprint density at radius 2 is 1.69 bits per heavy atom. The molecule has 1 fully saturated rings. The molecule has 0 bridgehead atoms. The van der Waals surface area contributed by atoms with E-state index in [1.807, 2.05) is 17.8 Å². The Morgan fingerprint density at radius 1 is 1.03 bits per heavy atom. The number of nitrogens with one attached hydrogen (secondary N) is 1. The van der Waals surface area contributed by atoms with Gasteiger partial charge in [-0.2, -0.15) is 0 Å². The van der Waals surface area contributed by atoms with Crippen molar-refractivity contribution in [2.45, 2.75) is 39.2 Å². The number of carbonyl (C=O) groups excluding carboxylic acids is 3. The molecule has 174 valence electrons. The van der Waals surface area contributed by atoms with E-state index in [-0.39, 0.29) is 7.33 Å². The minimum atomic E-state index is 0. The van der Waals surface area contributed by atoms with Crippen LogP contribution in [-0.4, -0.2) is 61.1 Å². The largest absolute Gasteiger partial charge is 0.356 e. The van der Waals surface area contributed by atoms with E-state index in [1.165, 1.54) is 16.7 Å². The van der Waals surface area contributed by atoms with Crippen LogP contribution in [0.25, 0.3) is 11.1 Å². The minimum absolute atomic E-state index is 0. The molecule has 6 heteroatoms. The van der Waals surface area contributed by atoms with Crippen molar-refractivity contribution in [3.8, 4) is 11.1 Å². The molecule has 3 rings (SSSR count). The summed E-state index contributed by atoms with van der Waals surface area (Å²) in [6, 6.07) is 19.2. The molecule has 6 nitrogen and oxygen atoms in total. The van der Waals surface area contributed by atoms with Gasteiger partial charge in [0.25, 0.3) is 0 Å². The van der Waals surface area contributed by atoms with Gasteiger partial charge < -0.3 is 15.0 Å². The predicted octanol–water partition coefficient (Wildman–Crippen LogP) is 3.76. The third-order valence-corrected chi connectivity index (χ3v) is 5.57. The molecule has 2 amide bonds. The molecular formula is C26H37N3O3. The molecule has 1 heterocycles. The van der Waals surface area contributed by atoms with Crippen LogP contribution in [0.3, 0.4) is 0 Å². The van der Waals surface area contributed by atoms with Crippen molar-refractivity contribution in [2.75, 3.05) is 32.7 Å². The number of hydrogen-bond donors (Lipinski definition) is 1. The zero-order valence-corrected chi connectivity index (χ0v) is 19.1. The Balaban J connectivity index is 0.00000177. The molecule has 1 aliphatic rings. The van der Waals surface area contributed by atoms with Crippen LogP contribution >= 0.6 is 0 Å². The summed E-state index contributed by atoms with van der Waals surface area (Å²) < 4.78 is 0. The van der Waals surface area contributed by atoms with Crippen LogP contribution in [0.4, 0.5) is 0 Å². The van der Waals surface area contributed by atoms with Crippen molar-refractivity contribution >= 4 is 18.6 Å². The first-order valence-corrected chi connectivity index (χ1v) is 11.3. The first-order valence-electron chi connectivity index (χ1n) is 11.3. The number of nitrogens with zero attached hydrogens (tertiary/aromatic N) is 2. The van der Waals surface area contributed by atoms with Gasteiger partial charge in [-0.3, -0.25) is 14.5 Å². The number of hydrogen-bond acceptors (Lipinski definition) is 4. The van der Waals surface area contributed by atoms with Crippen molar-refractivity contribution in [2.24, 2.45) is 0 Å². The average Bonchev–Trinajstić information content (AvgIpc) is 3.23. The molecule has 0 saturated carbocycles. The van der Waals surface area contributed by atoms with Crippen LogP contribution in [0.2, 0.25) is 0 Å². The molecule has 0 aliphatic carbocycles. The summed E-state index contributed by atoms with van der Waals surface area (Å²) in [5.41, 5.74) is 3.74. The van der Waals surface area contributed by atoms with Crippen molar-refractivity contribution in [1.82, 2.24) is 15.1 Å². The monoisotopic (exact) mass is 439 g/mol. The highest BCUT2D eigenvalue weighted by molar-refractivity contribution is 5.78. The first-order chi connectivity index (χ1) is 15.6. The number of rotatable bonds is 11. The zero-order chi connectivity index (χ0) is 23.2.